The quantitative estimate of drug-likeness (QED) is 0.297. The number of ether oxygens (including phenoxy) is 1. The van der Waals surface area contributed by atoms with E-state index in [-0.39, 0.29) is 5.56 Å². The molecule has 5 aromatic rings. The number of benzene rings is 3. The minimum atomic E-state index is -4.52. The summed E-state index contributed by atoms with van der Waals surface area (Å²) < 4.78 is 44.6. The van der Waals surface area contributed by atoms with Gasteiger partial charge in [0.05, 0.1) is 28.5 Å². The fraction of sp³-hybridized carbons (Fsp3) is 0.0370. The Bertz CT molecular complexity index is 1540. The summed E-state index contributed by atoms with van der Waals surface area (Å²) in [5.41, 5.74) is 2.34. The van der Waals surface area contributed by atoms with Crippen LogP contribution in [0.5, 0.6) is 11.5 Å². The van der Waals surface area contributed by atoms with Crippen molar-refractivity contribution in [3.63, 3.8) is 0 Å². The molecule has 0 aliphatic rings. The van der Waals surface area contributed by atoms with Crippen LogP contribution in [0.4, 0.5) is 18.9 Å². The van der Waals surface area contributed by atoms with E-state index in [9.17, 15) is 18.0 Å². The first-order valence-corrected chi connectivity index (χ1v) is 10.8. The van der Waals surface area contributed by atoms with Crippen molar-refractivity contribution < 1.29 is 22.7 Å². The van der Waals surface area contributed by atoms with Crippen LogP contribution in [0, 0.1) is 0 Å². The lowest BCUT2D eigenvalue weighted by atomic mass is 10.1. The zero-order chi connectivity index (χ0) is 25.1. The van der Waals surface area contributed by atoms with E-state index in [1.165, 1.54) is 12.1 Å². The monoisotopic (exact) mass is 486 g/mol. The number of carbonyl (C=O) groups excluding carboxylic acids is 1. The van der Waals surface area contributed by atoms with E-state index in [1.807, 2.05) is 12.1 Å². The molecule has 0 fully saturated rings. The zero-order valence-electron chi connectivity index (χ0n) is 18.5. The Labute approximate surface area is 203 Å². The predicted molar refractivity (Wildman–Crippen MR) is 129 cm³/mol. The Balaban J connectivity index is 1.29. The topological polar surface area (TPSA) is 77.0 Å². The van der Waals surface area contributed by atoms with Gasteiger partial charge in [0.1, 0.15) is 11.5 Å². The van der Waals surface area contributed by atoms with Crippen molar-refractivity contribution in [3.05, 3.63) is 109 Å². The van der Waals surface area contributed by atoms with Crippen LogP contribution in [-0.4, -0.2) is 20.9 Å². The number of anilines is 1. The van der Waals surface area contributed by atoms with Gasteiger partial charge in [-0.15, -0.1) is 0 Å². The number of aromatic nitrogens is 3. The summed E-state index contributed by atoms with van der Waals surface area (Å²) in [6.45, 7) is 0. The fourth-order valence-electron chi connectivity index (χ4n) is 3.49. The molecule has 0 spiro atoms. The highest BCUT2D eigenvalue weighted by molar-refractivity contribution is 6.04. The Morgan fingerprint density at radius 3 is 2.39 bits per heavy atom. The molecule has 9 heteroatoms. The van der Waals surface area contributed by atoms with E-state index in [0.717, 1.165) is 17.7 Å². The van der Waals surface area contributed by atoms with Crippen molar-refractivity contribution in [1.82, 2.24) is 15.0 Å². The number of halogens is 3. The van der Waals surface area contributed by atoms with E-state index >= 15 is 0 Å². The van der Waals surface area contributed by atoms with Gasteiger partial charge in [0.25, 0.3) is 5.91 Å². The molecule has 0 aliphatic carbocycles. The summed E-state index contributed by atoms with van der Waals surface area (Å²) in [5, 5.41) is 2.59. The molecular formula is C27H17F3N4O2. The van der Waals surface area contributed by atoms with Gasteiger partial charge >= 0.3 is 6.18 Å². The Morgan fingerprint density at radius 1 is 0.833 bits per heavy atom. The maximum atomic E-state index is 12.9. The molecule has 0 bridgehead atoms. The van der Waals surface area contributed by atoms with Crippen LogP contribution in [-0.2, 0) is 6.18 Å². The third kappa shape index (κ3) is 5.15. The van der Waals surface area contributed by atoms with E-state index in [1.54, 1.807) is 61.1 Å². The Kier molecular flexibility index (Phi) is 6.03. The molecule has 0 saturated heterocycles. The molecule has 0 aliphatic heterocycles. The van der Waals surface area contributed by atoms with Crippen LogP contribution in [0.2, 0.25) is 0 Å². The second kappa shape index (κ2) is 9.46. The smallest absolute Gasteiger partial charge is 0.416 e. The van der Waals surface area contributed by atoms with Crippen LogP contribution < -0.4 is 10.1 Å². The number of carbonyl (C=O) groups is 1. The van der Waals surface area contributed by atoms with Gasteiger partial charge < -0.3 is 10.1 Å². The summed E-state index contributed by atoms with van der Waals surface area (Å²) in [4.78, 5) is 25.6. The number of pyridine rings is 1. The second-order valence-corrected chi connectivity index (χ2v) is 7.81. The molecule has 0 unspecified atom stereocenters. The molecule has 36 heavy (non-hydrogen) atoms. The lowest BCUT2D eigenvalue weighted by Gasteiger charge is -2.10. The number of hydrogen-bond acceptors (Lipinski definition) is 5. The molecular weight excluding hydrogens is 469 g/mol. The Hall–Kier alpha value is -4.79. The van der Waals surface area contributed by atoms with Gasteiger partial charge in [0.15, 0.2) is 0 Å². The third-order valence-corrected chi connectivity index (χ3v) is 5.27. The molecule has 1 amide bonds. The molecule has 2 aromatic heterocycles. The number of rotatable bonds is 5. The largest absolute Gasteiger partial charge is 0.457 e. The van der Waals surface area contributed by atoms with Gasteiger partial charge in [-0.25, -0.2) is 4.98 Å². The van der Waals surface area contributed by atoms with E-state index < -0.39 is 17.6 Å². The van der Waals surface area contributed by atoms with Gasteiger partial charge in [0.2, 0.25) is 0 Å². The molecule has 178 valence electrons. The predicted octanol–water partition coefficient (Wildman–Crippen LogP) is 6.76. The minimum Gasteiger partial charge on any atom is -0.457 e. The third-order valence-electron chi connectivity index (χ3n) is 5.27. The van der Waals surface area contributed by atoms with Gasteiger partial charge in [-0.3, -0.25) is 14.8 Å². The van der Waals surface area contributed by atoms with Gasteiger partial charge in [0, 0.05) is 35.3 Å². The zero-order valence-corrected chi connectivity index (χ0v) is 18.5. The van der Waals surface area contributed by atoms with Crippen LogP contribution >= 0.6 is 0 Å². The molecule has 0 saturated carbocycles. The van der Waals surface area contributed by atoms with Crippen molar-refractivity contribution in [2.75, 3.05) is 5.32 Å². The molecule has 0 radical (unpaired) electrons. The summed E-state index contributed by atoms with van der Waals surface area (Å²) >= 11 is 0. The van der Waals surface area contributed by atoms with Gasteiger partial charge in [-0.05, 0) is 66.7 Å². The summed E-state index contributed by atoms with van der Waals surface area (Å²) in [6.07, 6.45) is 0.561. The molecule has 0 atom stereocenters. The van der Waals surface area contributed by atoms with E-state index in [0.29, 0.717) is 33.9 Å². The first kappa shape index (κ1) is 23.0. The highest BCUT2D eigenvalue weighted by atomic mass is 19.4. The number of fused-ring (bicyclic) bond motifs is 1. The first-order chi connectivity index (χ1) is 17.3. The molecule has 1 N–H and O–H groups in total. The standard InChI is InChI=1S/C27H17F3N4O2/c28-27(29,30)19-5-1-3-17(13-19)26(35)33-20-6-8-21(9-7-20)36-22-10-11-23-24(14-22)34-25(16-32-23)18-4-2-12-31-15-18/h1-16H,(H,33,35). The van der Waals surface area contributed by atoms with Crippen molar-refractivity contribution in [1.29, 1.82) is 0 Å². The van der Waals surface area contributed by atoms with Crippen LogP contribution in [0.1, 0.15) is 15.9 Å². The second-order valence-electron chi connectivity index (χ2n) is 7.81. The molecule has 6 nitrogen and oxygen atoms in total. The fourth-order valence-corrected chi connectivity index (χ4v) is 3.49. The normalized spacial score (nSPS) is 11.3. The highest BCUT2D eigenvalue weighted by Gasteiger charge is 2.30. The first-order valence-electron chi connectivity index (χ1n) is 10.8. The molecule has 5 rings (SSSR count). The minimum absolute atomic E-state index is 0.0897. The Morgan fingerprint density at radius 2 is 1.64 bits per heavy atom. The van der Waals surface area contributed by atoms with Crippen LogP contribution in [0.15, 0.2) is 97.5 Å². The SMILES string of the molecule is O=C(Nc1ccc(Oc2ccc3ncc(-c4cccnc4)nc3c2)cc1)c1cccc(C(F)(F)F)c1. The van der Waals surface area contributed by atoms with Crippen LogP contribution in [0.3, 0.4) is 0 Å². The number of nitrogens with zero attached hydrogens (tertiary/aromatic N) is 3. The van der Waals surface area contributed by atoms with Crippen molar-refractivity contribution in [3.8, 4) is 22.8 Å². The number of amides is 1. The number of alkyl halides is 3. The highest BCUT2D eigenvalue weighted by Crippen LogP contribution is 2.30. The average molecular weight is 486 g/mol. The van der Waals surface area contributed by atoms with Gasteiger partial charge in [-0.2, -0.15) is 13.2 Å². The average Bonchev–Trinajstić information content (AvgIpc) is 2.89. The van der Waals surface area contributed by atoms with E-state index in [2.05, 4.69) is 20.3 Å². The number of nitrogens with one attached hydrogen (secondary N) is 1. The van der Waals surface area contributed by atoms with Crippen molar-refractivity contribution in [2.45, 2.75) is 6.18 Å². The van der Waals surface area contributed by atoms with Crippen molar-refractivity contribution in [2.24, 2.45) is 0 Å². The summed E-state index contributed by atoms with van der Waals surface area (Å²) in [5.74, 6) is 0.399. The maximum absolute atomic E-state index is 12.9. The van der Waals surface area contributed by atoms with E-state index in [4.69, 9.17) is 4.74 Å². The molecule has 3 aromatic carbocycles. The van der Waals surface area contributed by atoms with Crippen LogP contribution in [0.25, 0.3) is 22.3 Å². The maximum Gasteiger partial charge on any atom is 0.416 e. The number of hydrogen-bond donors (Lipinski definition) is 1. The molecule has 2 heterocycles. The lowest BCUT2D eigenvalue weighted by Crippen LogP contribution is -2.13. The summed E-state index contributed by atoms with van der Waals surface area (Å²) in [6, 6.07) is 19.8. The lowest BCUT2D eigenvalue weighted by molar-refractivity contribution is -0.137. The summed E-state index contributed by atoms with van der Waals surface area (Å²) in [7, 11) is 0. The van der Waals surface area contributed by atoms with Gasteiger partial charge in [-0.1, -0.05) is 6.07 Å². The van der Waals surface area contributed by atoms with Crippen molar-refractivity contribution >= 4 is 22.6 Å².